The normalized spacial score (nSPS) is 20.4. The third kappa shape index (κ3) is 20.3. The smallest absolute Gasteiger partial charge is 1.00 e. The second kappa shape index (κ2) is 32.1. The molecule has 0 radical (unpaired) electrons. The minimum Gasteiger partial charge on any atom is -1.00 e. The summed E-state index contributed by atoms with van der Waals surface area (Å²) in [4.78, 5) is 39.8. The molecule has 1 N–H and O–H groups in total. The van der Waals surface area contributed by atoms with E-state index in [1.165, 1.54) is 103 Å². The number of carbonyl (C=O) groups is 3. The molecule has 17 heteroatoms. The third-order valence-electron chi connectivity index (χ3n) is 16.4. The Labute approximate surface area is 496 Å². The number of hydrogen-bond acceptors (Lipinski definition) is 11. The van der Waals surface area contributed by atoms with Crippen LogP contribution in [-0.4, -0.2) is 110 Å². The molecule has 3 aromatic carbocycles. The minimum absolute atomic E-state index is 0. The zero-order valence-electron chi connectivity index (χ0n) is 47.3. The van der Waals surface area contributed by atoms with Crippen molar-refractivity contribution in [1.29, 1.82) is 0 Å². The van der Waals surface area contributed by atoms with Crippen LogP contribution in [0.2, 0.25) is 0 Å². The summed E-state index contributed by atoms with van der Waals surface area (Å²) in [5, 5.41) is 10.2. The number of ether oxygens (including phenoxy) is 2. The Morgan fingerprint density at radius 1 is 0.577 bits per heavy atom. The second-order valence-corrected chi connectivity index (χ2v) is 24.3. The van der Waals surface area contributed by atoms with Crippen molar-refractivity contribution in [1.82, 2.24) is 9.80 Å². The van der Waals surface area contributed by atoms with Crippen molar-refractivity contribution >= 4 is 43.4 Å². The van der Waals surface area contributed by atoms with Crippen molar-refractivity contribution < 1.29 is 85.7 Å². The zero-order valence-corrected chi connectivity index (χ0v) is 50.7. The SMILES string of the molecule is BrCCN1CCCCC1.C.CC(=O)C1(c2ccc(O)cc2)CC1.CC(=O)C1(c2ccc(OC3CCCCC3)cc2)CC1.CC(=O)C1(c2ccc(OCCN3CCCCC3)cc2)CC1.O=S(=O)(OC1CCCCC1)C(F)(F)F.[H-].[Na+]. The Kier molecular flexibility index (Phi) is 27.9. The summed E-state index contributed by atoms with van der Waals surface area (Å²) >= 11 is 3.44. The molecule has 7 aliphatic rings. The molecule has 78 heavy (non-hydrogen) atoms. The maximum atomic E-state index is 11.9. The number of nitrogens with zero attached hydrogens (tertiary/aromatic N) is 2. The number of alkyl halides is 4. The number of piperidine rings is 2. The van der Waals surface area contributed by atoms with E-state index in [-0.39, 0.29) is 66.2 Å². The van der Waals surface area contributed by atoms with Gasteiger partial charge in [0.2, 0.25) is 0 Å². The van der Waals surface area contributed by atoms with E-state index < -0.39 is 21.7 Å². The number of halogens is 4. The first-order chi connectivity index (χ1) is 36.3. The number of likely N-dealkylation sites (tertiary alicyclic amines) is 2. The number of hydrogen-bond donors (Lipinski definition) is 1. The summed E-state index contributed by atoms with van der Waals surface area (Å²) in [5.41, 5.74) is -2.50. The quantitative estimate of drug-likeness (QED) is 0.0634. The molecule has 5 aliphatic carbocycles. The summed E-state index contributed by atoms with van der Waals surface area (Å²) < 4.78 is 72.7. The van der Waals surface area contributed by atoms with Crippen molar-refractivity contribution in [3.8, 4) is 17.2 Å². The molecule has 7 fully saturated rings. The number of Topliss-reactive ketones (excluding diaryl/α,β-unsaturated/α-hetero) is 3. The molecule has 0 amide bonds. The van der Waals surface area contributed by atoms with E-state index in [2.05, 4.69) is 54.2 Å². The molecule has 11 nitrogen and oxygen atoms in total. The first-order valence-electron chi connectivity index (χ1n) is 28.2. The van der Waals surface area contributed by atoms with Crippen LogP contribution in [0.5, 0.6) is 17.2 Å². The molecule has 3 aromatic rings. The molecule has 0 aromatic heterocycles. The number of phenols is 1. The maximum Gasteiger partial charge on any atom is 1.00 e. The first-order valence-corrected chi connectivity index (χ1v) is 30.7. The number of phenolic OH excluding ortho intramolecular Hbond substituents is 1. The van der Waals surface area contributed by atoms with Gasteiger partial charge in [-0.05, 0) is 203 Å². The van der Waals surface area contributed by atoms with Crippen LogP contribution in [0.1, 0.15) is 188 Å². The Bertz CT molecular complexity index is 2380. The van der Waals surface area contributed by atoms with Gasteiger partial charge in [0.05, 0.1) is 28.5 Å². The van der Waals surface area contributed by atoms with Gasteiger partial charge < -0.3 is 20.9 Å². The third-order valence-corrected chi connectivity index (χ3v) is 17.9. The second-order valence-electron chi connectivity index (χ2n) is 22.0. The monoisotopic (exact) mass is 1180 g/mol. The molecule has 10 rings (SSSR count). The summed E-state index contributed by atoms with van der Waals surface area (Å²) in [6.45, 7) is 13.1. The molecular weight excluding hydrogens is 1100 g/mol. The first kappa shape index (κ1) is 67.7. The van der Waals surface area contributed by atoms with Gasteiger partial charge in [0, 0.05) is 18.4 Å². The number of carbonyl (C=O) groups excluding carboxylic acids is 3. The van der Waals surface area contributed by atoms with Crippen molar-refractivity contribution in [2.24, 2.45) is 0 Å². The Morgan fingerprint density at radius 3 is 1.28 bits per heavy atom. The minimum atomic E-state index is -5.40. The van der Waals surface area contributed by atoms with Gasteiger partial charge in [0.15, 0.2) is 0 Å². The topological polar surface area (TPSA) is 140 Å². The van der Waals surface area contributed by atoms with E-state index in [0.717, 1.165) is 104 Å². The van der Waals surface area contributed by atoms with E-state index >= 15 is 0 Å². The van der Waals surface area contributed by atoms with Crippen LogP contribution in [0.4, 0.5) is 13.2 Å². The predicted molar refractivity (Wildman–Crippen MR) is 304 cm³/mol. The number of rotatable bonds is 16. The average Bonchev–Trinajstić information content (AvgIpc) is 4.40. The number of ketones is 3. The fourth-order valence-corrected chi connectivity index (χ4v) is 12.1. The molecule has 2 saturated heterocycles. The van der Waals surface area contributed by atoms with Gasteiger partial charge in [0.1, 0.15) is 41.2 Å². The van der Waals surface area contributed by atoms with Crippen LogP contribution < -0.4 is 39.0 Å². The van der Waals surface area contributed by atoms with Gasteiger partial charge in [-0.2, -0.15) is 21.6 Å². The van der Waals surface area contributed by atoms with E-state index in [1.54, 1.807) is 32.9 Å². The van der Waals surface area contributed by atoms with Crippen LogP contribution in [0.3, 0.4) is 0 Å². The van der Waals surface area contributed by atoms with Gasteiger partial charge in [-0.3, -0.25) is 23.5 Å². The van der Waals surface area contributed by atoms with E-state index in [9.17, 15) is 36.0 Å². The largest absolute Gasteiger partial charge is 1.00 e. The van der Waals surface area contributed by atoms with Crippen LogP contribution in [0.15, 0.2) is 72.8 Å². The van der Waals surface area contributed by atoms with Crippen LogP contribution in [0, 0.1) is 0 Å². The predicted octanol–water partition coefficient (Wildman–Crippen LogP) is 11.0. The van der Waals surface area contributed by atoms with Crippen molar-refractivity contribution in [3.05, 3.63) is 89.5 Å². The van der Waals surface area contributed by atoms with E-state index in [0.29, 0.717) is 30.5 Å². The van der Waals surface area contributed by atoms with Crippen molar-refractivity contribution in [3.63, 3.8) is 0 Å². The molecule has 0 unspecified atom stereocenters. The molecule has 0 bridgehead atoms. The van der Waals surface area contributed by atoms with E-state index in [1.807, 2.05) is 36.4 Å². The fraction of sp³-hybridized carbons (Fsp3) is 0.656. The summed E-state index contributed by atoms with van der Waals surface area (Å²) in [6, 6.07) is 23.3. The van der Waals surface area contributed by atoms with Crippen molar-refractivity contribution in [2.75, 3.05) is 51.2 Å². The van der Waals surface area contributed by atoms with E-state index in [4.69, 9.17) is 14.6 Å². The molecule has 0 atom stereocenters. The molecule has 2 aliphatic heterocycles. The van der Waals surface area contributed by atoms with Gasteiger partial charge in [-0.1, -0.05) is 98.3 Å². The summed E-state index contributed by atoms with van der Waals surface area (Å²) in [7, 11) is -5.40. The Balaban J connectivity index is 0.000000264. The van der Waals surface area contributed by atoms with Gasteiger partial charge >= 0.3 is 45.2 Å². The fourth-order valence-electron chi connectivity index (χ4n) is 11.0. The summed E-state index contributed by atoms with van der Waals surface area (Å²) in [5.74, 6) is 2.95. The Morgan fingerprint density at radius 2 is 0.923 bits per heavy atom. The molecule has 0 spiro atoms. The van der Waals surface area contributed by atoms with Gasteiger partial charge in [-0.15, -0.1) is 0 Å². The number of benzene rings is 3. The molecule has 2 heterocycles. The van der Waals surface area contributed by atoms with Gasteiger partial charge in [0.25, 0.3) is 0 Å². The number of aromatic hydroxyl groups is 1. The molecular formula is C61H89BrF3N2NaO9S. The average molecular weight is 1190 g/mol. The molecule has 432 valence electrons. The summed E-state index contributed by atoms with van der Waals surface area (Å²) in [6.07, 6.45) is 23.2. The van der Waals surface area contributed by atoms with Crippen LogP contribution in [0.25, 0.3) is 0 Å². The maximum absolute atomic E-state index is 11.9. The van der Waals surface area contributed by atoms with Gasteiger partial charge in [-0.25, -0.2) is 0 Å². The molecule has 5 saturated carbocycles. The zero-order chi connectivity index (χ0) is 54.8. The van der Waals surface area contributed by atoms with Crippen LogP contribution in [-0.2, 0) is 44.9 Å². The standard InChI is InChI=1S/C18H25NO2.C17H22O2.C11H12O2.C7H14BrN.C7H11F3O3S.CH4.Na.H/c1-15(20)18(9-10-18)16-5-7-17(8-6-16)21-14-13-19-11-3-2-4-12-19;1-13(18)17(11-12-17)14-7-9-16(10-8-14)19-15-5-3-2-4-6-15;1-8(12)11(6-7-11)9-2-4-10(13)5-3-9;8-4-7-9-5-2-1-3-6-9;8-7(9,10)14(11,12)13-6-4-2-1-3-5-6;;;/h5-8H,2-4,9-14H2,1H3;7-10,15H,2-6,11-12H2,1H3;2-5,13H,6-7H2,1H3;1-7H2;6H,1-5H2;1H4;;/q;;;;;;+1;-1. The van der Waals surface area contributed by atoms with Crippen molar-refractivity contribution in [2.45, 2.75) is 203 Å². The Hall–Kier alpha value is -2.83. The van der Waals surface area contributed by atoms with Crippen LogP contribution >= 0.6 is 15.9 Å².